The summed E-state index contributed by atoms with van der Waals surface area (Å²) in [5, 5.41) is 20.5. The Labute approximate surface area is 201 Å². The molecule has 5 rings (SSSR count). The molecule has 0 spiro atoms. The number of nitrogens with one attached hydrogen (secondary N) is 2. The monoisotopic (exact) mass is 495 g/mol. The van der Waals surface area contributed by atoms with E-state index in [0.29, 0.717) is 16.9 Å². The fraction of sp³-hybridized carbons (Fsp3) is 0.250. The smallest absolute Gasteiger partial charge is 0.246 e. The third-order valence-electron chi connectivity index (χ3n) is 6.13. The molecule has 1 unspecified atom stereocenters. The number of likely N-dealkylation sites (tertiary alicyclic amines) is 1. The van der Waals surface area contributed by atoms with Gasteiger partial charge in [0.1, 0.15) is 11.7 Å². The average molecular weight is 496 g/mol. The molecule has 1 aliphatic rings. The van der Waals surface area contributed by atoms with Crippen LogP contribution in [0.2, 0.25) is 0 Å². The number of carbonyl (C=O) groups is 1. The molecule has 0 saturated carbocycles. The van der Waals surface area contributed by atoms with Crippen molar-refractivity contribution in [1.82, 2.24) is 15.1 Å². The van der Waals surface area contributed by atoms with Crippen LogP contribution in [0, 0.1) is 0 Å². The topological polar surface area (TPSA) is 121 Å². The molecule has 176 valence electrons. The molecule has 10 heteroatoms. The van der Waals surface area contributed by atoms with E-state index in [4.69, 9.17) is 5.14 Å². The minimum Gasteiger partial charge on any atom is -0.324 e. The summed E-state index contributed by atoms with van der Waals surface area (Å²) in [6.45, 7) is 1.80. The number of carbonyl (C=O) groups excluding carboxylic acids is 1. The third-order valence-corrected chi connectivity index (χ3v) is 7.74. The maximum Gasteiger partial charge on any atom is 0.246 e. The summed E-state index contributed by atoms with van der Waals surface area (Å²) in [5.41, 5.74) is 3.64. The summed E-state index contributed by atoms with van der Waals surface area (Å²) in [5.74, 6) is -0.0686. The van der Waals surface area contributed by atoms with Crippen molar-refractivity contribution in [3.05, 3.63) is 64.9 Å². The zero-order valence-electron chi connectivity index (χ0n) is 18.4. The molecule has 0 bridgehead atoms. The van der Waals surface area contributed by atoms with Crippen molar-refractivity contribution in [3.63, 3.8) is 0 Å². The Morgan fingerprint density at radius 2 is 1.94 bits per heavy atom. The number of nitrogens with two attached hydrogens (primary N) is 1. The summed E-state index contributed by atoms with van der Waals surface area (Å²) in [7, 11) is -3.83. The first kappa shape index (κ1) is 22.7. The number of anilines is 1. The van der Waals surface area contributed by atoms with E-state index in [1.54, 1.807) is 23.5 Å². The maximum absolute atomic E-state index is 13.4. The normalized spacial score (nSPS) is 15.9. The number of aromatic nitrogens is 2. The van der Waals surface area contributed by atoms with E-state index < -0.39 is 10.0 Å². The van der Waals surface area contributed by atoms with Crippen LogP contribution >= 0.6 is 11.3 Å². The minimum atomic E-state index is -3.83. The second-order valence-corrected chi connectivity index (χ2v) is 10.8. The van der Waals surface area contributed by atoms with Crippen LogP contribution in [0.4, 0.5) is 5.69 Å². The Balaban J connectivity index is 1.46. The molecule has 1 saturated heterocycles. The number of benzene rings is 2. The van der Waals surface area contributed by atoms with E-state index in [0.717, 1.165) is 42.4 Å². The van der Waals surface area contributed by atoms with E-state index in [-0.39, 0.29) is 16.8 Å². The van der Waals surface area contributed by atoms with Crippen LogP contribution in [0.1, 0.15) is 30.9 Å². The lowest BCUT2D eigenvalue weighted by molar-refractivity contribution is -0.121. The first-order valence-electron chi connectivity index (χ1n) is 11.1. The van der Waals surface area contributed by atoms with Crippen LogP contribution in [-0.4, -0.2) is 42.5 Å². The van der Waals surface area contributed by atoms with E-state index in [9.17, 15) is 13.2 Å². The standard InChI is InChI=1S/C24H25N5O3S2/c25-34(31,32)19-6-4-5-16(13-19)22-20-14-18(7-8-21(20)27-28-22)26-24(30)23(17-9-12-33-15-17)29-10-2-1-3-11-29/h4-9,12-15,23H,1-3,10-11H2,(H,26,30)(H,27,28)(H2,25,31,32). The number of rotatable bonds is 6. The Bertz CT molecular complexity index is 1420. The van der Waals surface area contributed by atoms with Crippen molar-refractivity contribution in [3.8, 4) is 11.3 Å². The van der Waals surface area contributed by atoms with Crippen LogP contribution in [0.25, 0.3) is 22.2 Å². The number of hydrogen-bond donors (Lipinski definition) is 3. The molecule has 0 radical (unpaired) electrons. The highest BCUT2D eigenvalue weighted by Gasteiger charge is 2.29. The highest BCUT2D eigenvalue weighted by atomic mass is 32.2. The number of thiophene rings is 1. The summed E-state index contributed by atoms with van der Waals surface area (Å²) in [4.78, 5) is 15.7. The maximum atomic E-state index is 13.4. The predicted octanol–water partition coefficient (Wildman–Crippen LogP) is 4.10. The second kappa shape index (κ2) is 9.30. The zero-order valence-corrected chi connectivity index (χ0v) is 20.0. The number of sulfonamides is 1. The van der Waals surface area contributed by atoms with Crippen molar-refractivity contribution in [2.75, 3.05) is 18.4 Å². The third kappa shape index (κ3) is 4.62. The number of amides is 1. The van der Waals surface area contributed by atoms with Gasteiger partial charge in [-0.25, -0.2) is 13.6 Å². The summed E-state index contributed by atoms with van der Waals surface area (Å²) < 4.78 is 23.6. The minimum absolute atomic E-state index is 0.0192. The van der Waals surface area contributed by atoms with Gasteiger partial charge in [-0.15, -0.1) is 0 Å². The Hall–Kier alpha value is -3.05. The second-order valence-electron chi connectivity index (χ2n) is 8.45. The number of aromatic amines is 1. The highest BCUT2D eigenvalue weighted by Crippen LogP contribution is 2.31. The van der Waals surface area contributed by atoms with Gasteiger partial charge in [0.15, 0.2) is 0 Å². The first-order valence-corrected chi connectivity index (χ1v) is 13.6. The van der Waals surface area contributed by atoms with Crippen molar-refractivity contribution >= 4 is 43.9 Å². The van der Waals surface area contributed by atoms with Crippen molar-refractivity contribution in [2.45, 2.75) is 30.2 Å². The number of H-pyrrole nitrogens is 1. The van der Waals surface area contributed by atoms with Crippen molar-refractivity contribution in [2.24, 2.45) is 5.14 Å². The molecule has 2 aromatic carbocycles. The fourth-order valence-corrected chi connectivity index (χ4v) is 5.72. The largest absolute Gasteiger partial charge is 0.324 e. The van der Waals surface area contributed by atoms with Gasteiger partial charge in [-0.1, -0.05) is 18.6 Å². The Morgan fingerprint density at radius 3 is 2.68 bits per heavy atom. The number of hydrogen-bond acceptors (Lipinski definition) is 6. The summed E-state index contributed by atoms with van der Waals surface area (Å²) in [6.07, 6.45) is 3.38. The predicted molar refractivity (Wildman–Crippen MR) is 134 cm³/mol. The first-order chi connectivity index (χ1) is 16.4. The van der Waals surface area contributed by atoms with Gasteiger partial charge in [0, 0.05) is 16.6 Å². The highest BCUT2D eigenvalue weighted by molar-refractivity contribution is 7.89. The molecule has 4 N–H and O–H groups in total. The van der Waals surface area contributed by atoms with Gasteiger partial charge in [0.05, 0.1) is 10.4 Å². The number of piperidine rings is 1. The summed E-state index contributed by atoms with van der Waals surface area (Å²) >= 11 is 1.59. The zero-order chi connectivity index (χ0) is 23.7. The van der Waals surface area contributed by atoms with Crippen LogP contribution in [0.3, 0.4) is 0 Å². The fourth-order valence-electron chi connectivity index (χ4n) is 4.48. The molecule has 1 amide bonds. The summed E-state index contributed by atoms with van der Waals surface area (Å²) in [6, 6.07) is 13.6. The molecular formula is C24H25N5O3S2. The molecule has 1 fully saturated rings. The SMILES string of the molecule is NS(=O)(=O)c1cccc(-c2n[nH]c3ccc(NC(=O)C(c4ccsc4)N4CCCCC4)cc23)c1. The van der Waals surface area contributed by atoms with E-state index >= 15 is 0 Å². The van der Waals surface area contributed by atoms with Gasteiger partial charge in [-0.05, 0) is 78.7 Å². The van der Waals surface area contributed by atoms with Crippen LogP contribution in [0.15, 0.2) is 64.2 Å². The van der Waals surface area contributed by atoms with Crippen LogP contribution in [0.5, 0.6) is 0 Å². The molecular weight excluding hydrogens is 470 g/mol. The van der Waals surface area contributed by atoms with Gasteiger partial charge in [-0.2, -0.15) is 16.4 Å². The molecule has 2 aromatic heterocycles. The number of primary sulfonamides is 1. The lowest BCUT2D eigenvalue weighted by atomic mass is 10.0. The molecule has 0 aliphatic carbocycles. The Morgan fingerprint density at radius 1 is 1.12 bits per heavy atom. The molecule has 34 heavy (non-hydrogen) atoms. The lowest BCUT2D eigenvalue weighted by Gasteiger charge is -2.33. The van der Waals surface area contributed by atoms with Crippen LogP contribution in [-0.2, 0) is 14.8 Å². The van der Waals surface area contributed by atoms with Gasteiger partial charge in [0.2, 0.25) is 15.9 Å². The van der Waals surface area contributed by atoms with E-state index in [1.807, 2.05) is 35.0 Å². The van der Waals surface area contributed by atoms with Gasteiger partial charge >= 0.3 is 0 Å². The molecule has 1 aliphatic heterocycles. The van der Waals surface area contributed by atoms with Gasteiger partial charge in [-0.3, -0.25) is 14.8 Å². The van der Waals surface area contributed by atoms with Crippen LogP contribution < -0.4 is 10.5 Å². The molecule has 3 heterocycles. The number of fused-ring (bicyclic) bond motifs is 1. The quantitative estimate of drug-likeness (QED) is 0.372. The van der Waals surface area contributed by atoms with E-state index in [2.05, 4.69) is 20.4 Å². The van der Waals surface area contributed by atoms with Gasteiger partial charge in [0.25, 0.3) is 0 Å². The molecule has 4 aromatic rings. The molecule has 8 nitrogen and oxygen atoms in total. The van der Waals surface area contributed by atoms with E-state index in [1.165, 1.54) is 18.6 Å². The lowest BCUT2D eigenvalue weighted by Crippen LogP contribution is -2.40. The van der Waals surface area contributed by atoms with Gasteiger partial charge < -0.3 is 5.32 Å². The van der Waals surface area contributed by atoms with Crippen molar-refractivity contribution in [1.29, 1.82) is 0 Å². The average Bonchev–Trinajstić information content (AvgIpc) is 3.50. The van der Waals surface area contributed by atoms with Crippen molar-refractivity contribution < 1.29 is 13.2 Å². The Kier molecular flexibility index (Phi) is 6.22. The number of nitrogens with zero attached hydrogens (tertiary/aromatic N) is 2. The molecule has 1 atom stereocenters.